The normalized spacial score (nSPS) is 10.6. The third-order valence-corrected chi connectivity index (χ3v) is 3.76. The average molecular weight is 292 g/mol. The molecule has 0 heterocycles. The number of ether oxygens (including phenoxy) is 1. The summed E-state index contributed by atoms with van der Waals surface area (Å²) in [5.41, 5.74) is 0.372. The van der Waals surface area contributed by atoms with Crippen molar-refractivity contribution in [2.24, 2.45) is 0 Å². The molecule has 1 aromatic rings. The van der Waals surface area contributed by atoms with E-state index in [0.29, 0.717) is 17.7 Å². The Balaban J connectivity index is 2.25. The van der Waals surface area contributed by atoms with Gasteiger partial charge in [-0.15, -0.1) is 0 Å². The van der Waals surface area contributed by atoms with Crippen LogP contribution in [0.2, 0.25) is 0 Å². The van der Waals surface area contributed by atoms with Crippen LogP contribution in [0.4, 0.5) is 0 Å². The molecule has 0 atom stereocenters. The van der Waals surface area contributed by atoms with E-state index in [9.17, 15) is 9.90 Å². The number of phenolic OH excluding ortho intramolecular Hbond substituents is 1. The molecule has 0 spiro atoms. The lowest BCUT2D eigenvalue weighted by molar-refractivity contribution is 0.0976. The maximum Gasteiger partial charge on any atom is 0.166 e. The van der Waals surface area contributed by atoms with Crippen molar-refractivity contribution in [2.45, 2.75) is 64.7 Å². The Morgan fingerprint density at radius 3 is 2.29 bits per heavy atom. The molecule has 0 saturated heterocycles. The highest BCUT2D eigenvalue weighted by atomic mass is 16.5. The molecule has 0 fully saturated rings. The molecule has 0 saturated carbocycles. The lowest BCUT2D eigenvalue weighted by Gasteiger charge is -2.06. The van der Waals surface area contributed by atoms with Gasteiger partial charge in [-0.2, -0.15) is 0 Å². The predicted molar refractivity (Wildman–Crippen MR) is 86.2 cm³/mol. The fraction of sp³-hybridized carbons (Fsp3) is 0.611. The van der Waals surface area contributed by atoms with Gasteiger partial charge in [0, 0.05) is 6.42 Å². The number of benzene rings is 1. The molecule has 118 valence electrons. The largest absolute Gasteiger partial charge is 0.507 e. The topological polar surface area (TPSA) is 46.5 Å². The van der Waals surface area contributed by atoms with Gasteiger partial charge in [0.2, 0.25) is 0 Å². The Hall–Kier alpha value is -1.51. The average Bonchev–Trinajstić information content (AvgIpc) is 2.50. The van der Waals surface area contributed by atoms with Crippen LogP contribution in [0.3, 0.4) is 0 Å². The van der Waals surface area contributed by atoms with Crippen molar-refractivity contribution in [1.29, 1.82) is 0 Å². The van der Waals surface area contributed by atoms with Crippen LogP contribution in [-0.2, 0) is 0 Å². The number of carbonyl (C=O) groups excluding carboxylic acids is 1. The van der Waals surface area contributed by atoms with Crippen molar-refractivity contribution in [3.05, 3.63) is 23.8 Å². The first-order valence-corrected chi connectivity index (χ1v) is 8.09. The van der Waals surface area contributed by atoms with Crippen molar-refractivity contribution in [3.63, 3.8) is 0 Å². The summed E-state index contributed by atoms with van der Waals surface area (Å²) in [6, 6.07) is 4.78. The van der Waals surface area contributed by atoms with Gasteiger partial charge in [-0.05, 0) is 24.6 Å². The molecule has 0 amide bonds. The number of hydrogen-bond acceptors (Lipinski definition) is 3. The maximum absolute atomic E-state index is 12.1. The summed E-state index contributed by atoms with van der Waals surface area (Å²) in [6.07, 6.45) is 10.2. The molecule has 0 aromatic heterocycles. The minimum atomic E-state index is -0.00242. The highest BCUT2D eigenvalue weighted by molar-refractivity contribution is 5.98. The molecular formula is C18H28O3. The highest BCUT2D eigenvalue weighted by Gasteiger charge is 2.11. The number of methoxy groups -OCH3 is 1. The molecule has 0 bridgehead atoms. The van der Waals surface area contributed by atoms with E-state index in [0.717, 1.165) is 12.8 Å². The molecule has 3 heteroatoms. The monoisotopic (exact) mass is 292 g/mol. The number of aromatic hydroxyl groups is 1. The van der Waals surface area contributed by atoms with Gasteiger partial charge < -0.3 is 9.84 Å². The number of hydrogen-bond donors (Lipinski definition) is 1. The number of carbonyl (C=O) groups is 1. The number of rotatable bonds is 11. The van der Waals surface area contributed by atoms with Crippen LogP contribution in [-0.4, -0.2) is 18.0 Å². The third-order valence-electron chi connectivity index (χ3n) is 3.76. The molecule has 1 N–H and O–H groups in total. The number of ketones is 1. The van der Waals surface area contributed by atoms with Crippen LogP contribution < -0.4 is 4.74 Å². The van der Waals surface area contributed by atoms with Gasteiger partial charge in [-0.3, -0.25) is 4.79 Å². The minimum Gasteiger partial charge on any atom is -0.507 e. The first-order chi connectivity index (χ1) is 10.2. The maximum atomic E-state index is 12.1. The van der Waals surface area contributed by atoms with E-state index < -0.39 is 0 Å². The van der Waals surface area contributed by atoms with Crippen LogP contribution in [0, 0.1) is 0 Å². The third kappa shape index (κ3) is 6.65. The van der Waals surface area contributed by atoms with E-state index in [1.54, 1.807) is 19.2 Å². The highest BCUT2D eigenvalue weighted by Crippen LogP contribution is 2.24. The molecule has 1 rings (SSSR count). The Morgan fingerprint density at radius 2 is 1.67 bits per heavy atom. The number of Topliss-reactive ketones (excluding diaryl/α,β-unsaturated/α-hetero) is 1. The SMILES string of the molecule is CCCCCCCCCCC(=O)c1cc(OC)ccc1O. The summed E-state index contributed by atoms with van der Waals surface area (Å²) < 4.78 is 5.09. The summed E-state index contributed by atoms with van der Waals surface area (Å²) in [4.78, 5) is 12.1. The van der Waals surface area contributed by atoms with Crippen molar-refractivity contribution in [2.75, 3.05) is 7.11 Å². The van der Waals surface area contributed by atoms with Gasteiger partial charge in [0.15, 0.2) is 5.78 Å². The summed E-state index contributed by atoms with van der Waals surface area (Å²) in [7, 11) is 1.55. The lowest BCUT2D eigenvalue weighted by Crippen LogP contribution is -2.00. The number of phenols is 1. The van der Waals surface area contributed by atoms with Crippen LogP contribution >= 0.6 is 0 Å². The van der Waals surface area contributed by atoms with E-state index in [1.807, 2.05) is 0 Å². The fourth-order valence-electron chi connectivity index (χ4n) is 2.42. The van der Waals surface area contributed by atoms with Gasteiger partial charge in [0.1, 0.15) is 11.5 Å². The predicted octanol–water partition coefficient (Wildman–Crippen LogP) is 5.11. The Bertz CT molecular complexity index is 426. The second kappa shape index (κ2) is 10.3. The van der Waals surface area contributed by atoms with Gasteiger partial charge in [-0.25, -0.2) is 0 Å². The zero-order chi connectivity index (χ0) is 15.5. The summed E-state index contributed by atoms with van der Waals surface area (Å²) in [5, 5.41) is 9.75. The van der Waals surface area contributed by atoms with E-state index in [-0.39, 0.29) is 11.5 Å². The van der Waals surface area contributed by atoms with Crippen molar-refractivity contribution < 1.29 is 14.6 Å². The van der Waals surface area contributed by atoms with Gasteiger partial charge in [-0.1, -0.05) is 51.9 Å². The van der Waals surface area contributed by atoms with Crippen molar-refractivity contribution in [3.8, 4) is 11.5 Å². The molecule has 0 aliphatic carbocycles. The standard InChI is InChI=1S/C18H28O3/c1-3-4-5-6-7-8-9-10-11-17(19)16-14-15(21-2)12-13-18(16)20/h12-14,20H,3-11H2,1-2H3. The van der Waals surface area contributed by atoms with Crippen molar-refractivity contribution >= 4 is 5.78 Å². The zero-order valence-corrected chi connectivity index (χ0v) is 13.4. The molecule has 0 unspecified atom stereocenters. The molecule has 0 radical (unpaired) electrons. The van der Waals surface area contributed by atoms with Gasteiger partial charge >= 0.3 is 0 Å². The molecule has 1 aromatic carbocycles. The molecule has 0 aliphatic rings. The fourth-order valence-corrected chi connectivity index (χ4v) is 2.42. The molecular weight excluding hydrogens is 264 g/mol. The zero-order valence-electron chi connectivity index (χ0n) is 13.4. The van der Waals surface area contributed by atoms with E-state index in [1.165, 1.54) is 44.6 Å². The molecule has 21 heavy (non-hydrogen) atoms. The molecule has 0 aliphatic heterocycles. The lowest BCUT2D eigenvalue weighted by atomic mass is 10.0. The Morgan fingerprint density at radius 1 is 1.05 bits per heavy atom. The van der Waals surface area contributed by atoms with E-state index >= 15 is 0 Å². The summed E-state index contributed by atoms with van der Waals surface area (Å²) >= 11 is 0. The van der Waals surface area contributed by atoms with E-state index in [4.69, 9.17) is 4.74 Å². The van der Waals surface area contributed by atoms with Crippen molar-refractivity contribution in [1.82, 2.24) is 0 Å². The van der Waals surface area contributed by atoms with Crippen LogP contribution in [0.1, 0.15) is 75.1 Å². The minimum absolute atomic E-state index is 0.00242. The van der Waals surface area contributed by atoms with E-state index in [2.05, 4.69) is 6.92 Å². The smallest absolute Gasteiger partial charge is 0.166 e. The van der Waals surface area contributed by atoms with Crippen LogP contribution in [0.15, 0.2) is 18.2 Å². The first-order valence-electron chi connectivity index (χ1n) is 8.09. The summed E-state index contributed by atoms with van der Waals surface area (Å²) in [6.45, 7) is 2.22. The number of unbranched alkanes of at least 4 members (excludes halogenated alkanes) is 7. The second-order valence-corrected chi connectivity index (χ2v) is 5.53. The second-order valence-electron chi connectivity index (χ2n) is 5.53. The Kier molecular flexibility index (Phi) is 8.56. The molecule has 3 nitrogen and oxygen atoms in total. The summed E-state index contributed by atoms with van der Waals surface area (Å²) in [5.74, 6) is 0.643. The first kappa shape index (κ1) is 17.5. The van der Waals surface area contributed by atoms with Crippen LogP contribution in [0.25, 0.3) is 0 Å². The van der Waals surface area contributed by atoms with Crippen LogP contribution in [0.5, 0.6) is 11.5 Å². The van der Waals surface area contributed by atoms with Gasteiger partial charge in [0.25, 0.3) is 0 Å². The quantitative estimate of drug-likeness (QED) is 0.455. The van der Waals surface area contributed by atoms with Gasteiger partial charge in [0.05, 0.1) is 12.7 Å². The Labute approximate surface area is 128 Å².